The van der Waals surface area contributed by atoms with Crippen LogP contribution in [0, 0.1) is 0 Å². The van der Waals surface area contributed by atoms with Crippen LogP contribution in [0.25, 0.3) is 6.08 Å². The van der Waals surface area contributed by atoms with Crippen molar-refractivity contribution >= 4 is 35.1 Å². The Morgan fingerprint density at radius 3 is 2.63 bits per heavy atom. The van der Waals surface area contributed by atoms with Crippen LogP contribution in [0.2, 0.25) is 10.0 Å². The quantitative estimate of drug-likeness (QED) is 0.471. The van der Waals surface area contributed by atoms with Gasteiger partial charge in [0.2, 0.25) is 12.6 Å². The molecule has 0 bridgehead atoms. The predicted molar refractivity (Wildman–Crippen MR) is 113 cm³/mol. The smallest absolute Gasteiger partial charge is 0.231 e. The molecule has 2 aliphatic heterocycles. The summed E-state index contributed by atoms with van der Waals surface area (Å²) in [7, 11) is 0. The lowest BCUT2D eigenvalue weighted by molar-refractivity contribution is 0.101. The Hall–Kier alpha value is -3.15. The third-order valence-corrected chi connectivity index (χ3v) is 5.46. The van der Waals surface area contributed by atoms with Crippen molar-refractivity contribution in [3.63, 3.8) is 0 Å². The van der Waals surface area contributed by atoms with Crippen LogP contribution in [0.1, 0.15) is 21.5 Å². The first-order valence-electron chi connectivity index (χ1n) is 9.11. The Morgan fingerprint density at radius 2 is 1.77 bits per heavy atom. The van der Waals surface area contributed by atoms with Gasteiger partial charge in [-0.2, -0.15) is 0 Å². The summed E-state index contributed by atoms with van der Waals surface area (Å²) in [5.41, 5.74) is 2.15. The SMILES string of the molecule is O=C1C(=Cc2ccc3c(c2)OCO3)Oc2cc(OCc3ccc(Cl)c(Cl)c3)ccc21. The molecule has 150 valence electrons. The maximum absolute atomic E-state index is 12.7. The number of hydrogen-bond acceptors (Lipinski definition) is 5. The average Bonchev–Trinajstić information content (AvgIpc) is 3.33. The molecule has 0 spiro atoms. The van der Waals surface area contributed by atoms with Gasteiger partial charge in [0, 0.05) is 6.07 Å². The van der Waals surface area contributed by atoms with E-state index in [9.17, 15) is 4.79 Å². The number of allylic oxidation sites excluding steroid dienone is 1. The van der Waals surface area contributed by atoms with E-state index in [1.807, 2.05) is 12.1 Å². The lowest BCUT2D eigenvalue weighted by atomic mass is 10.1. The number of rotatable bonds is 4. The number of ether oxygens (including phenoxy) is 4. The van der Waals surface area contributed by atoms with Crippen LogP contribution in [-0.4, -0.2) is 12.6 Å². The molecular formula is C23H14Cl2O5. The summed E-state index contributed by atoms with van der Waals surface area (Å²) in [6.07, 6.45) is 1.68. The normalized spacial score (nSPS) is 15.3. The zero-order valence-corrected chi connectivity index (χ0v) is 17.0. The van der Waals surface area contributed by atoms with Gasteiger partial charge in [0.1, 0.15) is 18.1 Å². The summed E-state index contributed by atoms with van der Waals surface area (Å²) in [6, 6.07) is 15.9. The topological polar surface area (TPSA) is 54.0 Å². The van der Waals surface area contributed by atoms with Crippen LogP contribution in [-0.2, 0) is 6.61 Å². The van der Waals surface area contributed by atoms with E-state index >= 15 is 0 Å². The van der Waals surface area contributed by atoms with Gasteiger partial charge in [-0.05, 0) is 53.6 Å². The van der Waals surface area contributed by atoms with Gasteiger partial charge in [0.25, 0.3) is 0 Å². The first-order valence-corrected chi connectivity index (χ1v) is 9.87. The molecule has 0 aliphatic carbocycles. The highest BCUT2D eigenvalue weighted by molar-refractivity contribution is 6.42. The Kier molecular flexibility index (Phi) is 4.77. The van der Waals surface area contributed by atoms with Gasteiger partial charge in [-0.3, -0.25) is 4.79 Å². The Morgan fingerprint density at radius 1 is 0.900 bits per heavy atom. The van der Waals surface area contributed by atoms with E-state index in [0.29, 0.717) is 45.2 Å². The molecule has 0 amide bonds. The van der Waals surface area contributed by atoms with Crippen LogP contribution in [0.3, 0.4) is 0 Å². The summed E-state index contributed by atoms with van der Waals surface area (Å²) < 4.78 is 22.3. The number of carbonyl (C=O) groups is 1. The zero-order valence-electron chi connectivity index (χ0n) is 15.5. The maximum Gasteiger partial charge on any atom is 0.231 e. The lowest BCUT2D eigenvalue weighted by Gasteiger charge is -2.08. The van der Waals surface area contributed by atoms with Crippen molar-refractivity contribution in [1.82, 2.24) is 0 Å². The molecule has 2 heterocycles. The van der Waals surface area contributed by atoms with Crippen molar-refractivity contribution in [2.24, 2.45) is 0 Å². The van der Waals surface area contributed by atoms with E-state index in [1.165, 1.54) is 0 Å². The molecule has 3 aromatic rings. The number of halogens is 2. The molecule has 5 nitrogen and oxygen atoms in total. The number of Topliss-reactive ketones (excluding diaryl/α,β-unsaturated/α-hetero) is 1. The minimum absolute atomic E-state index is 0.182. The molecule has 5 rings (SSSR count). The molecule has 30 heavy (non-hydrogen) atoms. The second kappa shape index (κ2) is 7.59. The standard InChI is InChI=1S/C23H14Cl2O5/c24-17-5-1-14(7-18(17)25)11-27-15-3-4-16-20(10-15)30-22(23(16)26)9-13-2-6-19-21(8-13)29-12-28-19/h1-10H,11-12H2. The number of ketones is 1. The van der Waals surface area contributed by atoms with Crippen molar-refractivity contribution in [2.75, 3.05) is 6.79 Å². The van der Waals surface area contributed by atoms with Crippen molar-refractivity contribution < 1.29 is 23.7 Å². The van der Waals surface area contributed by atoms with Crippen molar-refractivity contribution in [3.05, 3.63) is 87.1 Å². The van der Waals surface area contributed by atoms with Crippen LogP contribution in [0.4, 0.5) is 0 Å². The molecule has 0 radical (unpaired) electrons. The number of carbonyl (C=O) groups excluding carboxylic acids is 1. The molecule has 7 heteroatoms. The van der Waals surface area contributed by atoms with Crippen LogP contribution in [0.5, 0.6) is 23.0 Å². The van der Waals surface area contributed by atoms with Gasteiger partial charge in [-0.15, -0.1) is 0 Å². The van der Waals surface area contributed by atoms with Crippen molar-refractivity contribution in [3.8, 4) is 23.0 Å². The van der Waals surface area contributed by atoms with Gasteiger partial charge in [-0.1, -0.05) is 35.3 Å². The Labute approximate surface area is 182 Å². The van der Waals surface area contributed by atoms with Gasteiger partial charge in [0.15, 0.2) is 17.3 Å². The minimum atomic E-state index is -0.182. The second-order valence-electron chi connectivity index (χ2n) is 6.75. The molecule has 2 aliphatic rings. The van der Waals surface area contributed by atoms with E-state index in [2.05, 4.69) is 0 Å². The number of hydrogen-bond donors (Lipinski definition) is 0. The lowest BCUT2D eigenvalue weighted by Crippen LogP contribution is -1.98. The number of benzene rings is 3. The van der Waals surface area contributed by atoms with E-state index in [-0.39, 0.29) is 18.3 Å². The van der Waals surface area contributed by atoms with Gasteiger partial charge < -0.3 is 18.9 Å². The van der Waals surface area contributed by atoms with E-state index in [1.54, 1.807) is 48.5 Å². The van der Waals surface area contributed by atoms with Crippen LogP contribution in [0.15, 0.2) is 60.4 Å². The molecule has 0 fully saturated rings. The van der Waals surface area contributed by atoms with Crippen LogP contribution >= 0.6 is 23.2 Å². The molecule has 0 N–H and O–H groups in total. The van der Waals surface area contributed by atoms with Crippen LogP contribution < -0.4 is 18.9 Å². The molecule has 0 saturated heterocycles. The molecule has 3 aromatic carbocycles. The second-order valence-corrected chi connectivity index (χ2v) is 7.56. The summed E-state index contributed by atoms with van der Waals surface area (Å²) in [4.78, 5) is 12.7. The average molecular weight is 441 g/mol. The summed E-state index contributed by atoms with van der Waals surface area (Å²) >= 11 is 12.0. The fourth-order valence-electron chi connectivity index (χ4n) is 3.21. The molecular weight excluding hydrogens is 427 g/mol. The summed E-state index contributed by atoms with van der Waals surface area (Å²) in [5, 5.41) is 0.964. The summed E-state index contributed by atoms with van der Waals surface area (Å²) in [6.45, 7) is 0.505. The molecule has 0 saturated carbocycles. The van der Waals surface area contributed by atoms with E-state index in [0.717, 1.165) is 11.1 Å². The minimum Gasteiger partial charge on any atom is -0.489 e. The maximum atomic E-state index is 12.7. The highest BCUT2D eigenvalue weighted by Gasteiger charge is 2.28. The fourth-order valence-corrected chi connectivity index (χ4v) is 3.53. The van der Waals surface area contributed by atoms with E-state index < -0.39 is 0 Å². The highest BCUT2D eigenvalue weighted by atomic mass is 35.5. The Balaban J connectivity index is 1.33. The largest absolute Gasteiger partial charge is 0.489 e. The van der Waals surface area contributed by atoms with E-state index in [4.69, 9.17) is 42.1 Å². The van der Waals surface area contributed by atoms with Crippen molar-refractivity contribution in [2.45, 2.75) is 6.61 Å². The summed E-state index contributed by atoms with van der Waals surface area (Å²) in [5.74, 6) is 2.42. The van der Waals surface area contributed by atoms with Gasteiger partial charge >= 0.3 is 0 Å². The Bertz CT molecular complexity index is 1200. The zero-order chi connectivity index (χ0) is 20.7. The third-order valence-electron chi connectivity index (χ3n) is 4.73. The molecule has 0 atom stereocenters. The first-order chi connectivity index (χ1) is 14.6. The first kappa shape index (κ1) is 18.9. The molecule has 0 aromatic heterocycles. The third kappa shape index (κ3) is 3.58. The highest BCUT2D eigenvalue weighted by Crippen LogP contribution is 2.37. The monoisotopic (exact) mass is 440 g/mol. The van der Waals surface area contributed by atoms with Gasteiger partial charge in [-0.25, -0.2) is 0 Å². The van der Waals surface area contributed by atoms with Crippen molar-refractivity contribution in [1.29, 1.82) is 0 Å². The number of fused-ring (bicyclic) bond motifs is 2. The predicted octanol–water partition coefficient (Wildman–Crippen LogP) is 5.92. The molecule has 0 unspecified atom stereocenters. The fraction of sp³-hybridized carbons (Fsp3) is 0.0870. The van der Waals surface area contributed by atoms with Gasteiger partial charge in [0.05, 0.1) is 15.6 Å².